The van der Waals surface area contributed by atoms with Gasteiger partial charge in [-0.05, 0) is 48.9 Å². The van der Waals surface area contributed by atoms with Gasteiger partial charge in [-0.15, -0.1) is 0 Å². The Morgan fingerprint density at radius 2 is 1.91 bits per heavy atom. The number of nitrogens with zero attached hydrogens (tertiary/aromatic N) is 5. The number of amides is 1. The summed E-state index contributed by atoms with van der Waals surface area (Å²) in [6, 6.07) is 19.6. The minimum atomic E-state index is -0.231. The number of imidazole rings is 1. The number of nitrogens with one attached hydrogen (secondary N) is 1. The number of carbonyl (C=O) groups excluding carboxylic acids is 1. The zero-order valence-electron chi connectivity index (χ0n) is 19.0. The molecular formula is C26H28N6O2. The SMILES string of the molecule is O=C(OCc1ccccc1)N1CCCC(CCNc2nccc(-n3cnc4ccccc43)n2)C1. The van der Waals surface area contributed by atoms with Gasteiger partial charge in [0.25, 0.3) is 0 Å². The van der Waals surface area contributed by atoms with Crippen molar-refractivity contribution >= 4 is 23.1 Å². The Balaban J connectivity index is 1.12. The Labute approximate surface area is 198 Å². The Bertz CT molecular complexity index is 1240. The largest absolute Gasteiger partial charge is 0.445 e. The van der Waals surface area contributed by atoms with Crippen molar-refractivity contribution in [3.05, 3.63) is 78.8 Å². The normalized spacial score (nSPS) is 15.9. The van der Waals surface area contributed by atoms with Crippen LogP contribution in [0.4, 0.5) is 10.7 Å². The van der Waals surface area contributed by atoms with Crippen molar-refractivity contribution in [1.29, 1.82) is 0 Å². The smallest absolute Gasteiger partial charge is 0.410 e. The Hall–Kier alpha value is -3.94. The number of likely N-dealkylation sites (tertiary alicyclic amines) is 1. The van der Waals surface area contributed by atoms with Crippen molar-refractivity contribution in [3.8, 4) is 5.82 Å². The average Bonchev–Trinajstić information content (AvgIpc) is 3.33. The summed E-state index contributed by atoms with van der Waals surface area (Å²) in [6.45, 7) is 2.52. The molecule has 174 valence electrons. The highest BCUT2D eigenvalue weighted by atomic mass is 16.6. The summed E-state index contributed by atoms with van der Waals surface area (Å²) in [7, 11) is 0. The topological polar surface area (TPSA) is 85.2 Å². The van der Waals surface area contributed by atoms with Crippen molar-refractivity contribution in [1.82, 2.24) is 24.4 Å². The molecule has 0 saturated carbocycles. The first-order valence-corrected chi connectivity index (χ1v) is 11.7. The van der Waals surface area contributed by atoms with E-state index in [0.717, 1.165) is 61.3 Å². The van der Waals surface area contributed by atoms with Crippen molar-refractivity contribution in [3.63, 3.8) is 0 Å². The molecule has 1 amide bonds. The molecule has 1 fully saturated rings. The third kappa shape index (κ3) is 5.17. The average molecular weight is 457 g/mol. The van der Waals surface area contributed by atoms with Gasteiger partial charge in [0, 0.05) is 25.8 Å². The molecule has 1 N–H and O–H groups in total. The van der Waals surface area contributed by atoms with Crippen molar-refractivity contribution in [2.45, 2.75) is 25.9 Å². The van der Waals surface area contributed by atoms with Gasteiger partial charge in [0.2, 0.25) is 5.95 Å². The molecule has 0 radical (unpaired) electrons. The van der Waals surface area contributed by atoms with Crippen LogP contribution in [0.2, 0.25) is 0 Å². The van der Waals surface area contributed by atoms with Gasteiger partial charge in [-0.25, -0.2) is 14.8 Å². The Morgan fingerprint density at radius 1 is 1.06 bits per heavy atom. The summed E-state index contributed by atoms with van der Waals surface area (Å²) in [5.74, 6) is 1.78. The lowest BCUT2D eigenvalue weighted by molar-refractivity contribution is 0.0784. The summed E-state index contributed by atoms with van der Waals surface area (Å²) in [5, 5.41) is 3.34. The first-order valence-electron chi connectivity index (χ1n) is 11.7. The maximum Gasteiger partial charge on any atom is 0.410 e. The van der Waals surface area contributed by atoms with Gasteiger partial charge < -0.3 is 15.0 Å². The number of para-hydroxylation sites is 2. The van der Waals surface area contributed by atoms with Crippen LogP contribution in [0.1, 0.15) is 24.8 Å². The molecule has 1 unspecified atom stereocenters. The second-order valence-electron chi connectivity index (χ2n) is 8.55. The molecule has 2 aromatic carbocycles. The number of anilines is 1. The third-order valence-electron chi connectivity index (χ3n) is 6.16. The predicted molar refractivity (Wildman–Crippen MR) is 131 cm³/mol. The van der Waals surface area contributed by atoms with Crippen LogP contribution in [0.25, 0.3) is 16.9 Å². The fourth-order valence-corrected chi connectivity index (χ4v) is 4.38. The van der Waals surface area contributed by atoms with Gasteiger partial charge in [0.15, 0.2) is 0 Å². The molecule has 0 bridgehead atoms. The predicted octanol–water partition coefficient (Wildman–Crippen LogP) is 4.67. The van der Waals surface area contributed by atoms with Crippen molar-refractivity contribution < 1.29 is 9.53 Å². The molecule has 8 heteroatoms. The zero-order chi connectivity index (χ0) is 23.2. The number of rotatable bonds is 7. The van der Waals surface area contributed by atoms with Gasteiger partial charge in [0.05, 0.1) is 11.0 Å². The van der Waals surface area contributed by atoms with E-state index in [9.17, 15) is 4.79 Å². The monoisotopic (exact) mass is 456 g/mol. The van der Waals surface area contributed by atoms with Crippen LogP contribution in [0.3, 0.4) is 0 Å². The second-order valence-corrected chi connectivity index (χ2v) is 8.55. The lowest BCUT2D eigenvalue weighted by atomic mass is 9.95. The molecule has 34 heavy (non-hydrogen) atoms. The third-order valence-corrected chi connectivity index (χ3v) is 6.16. The maximum absolute atomic E-state index is 12.5. The molecule has 5 rings (SSSR count). The molecule has 8 nitrogen and oxygen atoms in total. The van der Waals surface area contributed by atoms with E-state index in [0.29, 0.717) is 18.5 Å². The van der Waals surface area contributed by atoms with Crippen LogP contribution in [-0.4, -0.2) is 50.1 Å². The fraction of sp³-hybridized carbons (Fsp3) is 0.308. The minimum absolute atomic E-state index is 0.231. The first kappa shape index (κ1) is 21.9. The summed E-state index contributed by atoms with van der Waals surface area (Å²) >= 11 is 0. The van der Waals surface area contributed by atoms with E-state index < -0.39 is 0 Å². The van der Waals surface area contributed by atoms with Crippen LogP contribution < -0.4 is 5.32 Å². The van der Waals surface area contributed by atoms with Crippen LogP contribution in [0, 0.1) is 5.92 Å². The van der Waals surface area contributed by atoms with E-state index in [1.165, 1.54) is 0 Å². The molecule has 0 aliphatic carbocycles. The summed E-state index contributed by atoms with van der Waals surface area (Å²) in [6.07, 6.45) is 6.33. The van der Waals surface area contributed by atoms with E-state index in [1.54, 1.807) is 12.5 Å². The number of ether oxygens (including phenoxy) is 1. The van der Waals surface area contributed by atoms with E-state index in [2.05, 4.69) is 20.3 Å². The molecule has 1 aliphatic rings. The number of carbonyl (C=O) groups is 1. The summed E-state index contributed by atoms with van der Waals surface area (Å²) < 4.78 is 7.47. The fourth-order valence-electron chi connectivity index (χ4n) is 4.38. The number of piperidine rings is 1. The number of aromatic nitrogens is 4. The molecule has 1 aliphatic heterocycles. The van der Waals surface area contributed by atoms with Crippen LogP contribution in [0.15, 0.2) is 73.2 Å². The van der Waals surface area contributed by atoms with E-state index in [4.69, 9.17) is 4.74 Å². The van der Waals surface area contributed by atoms with Gasteiger partial charge in [0.1, 0.15) is 18.8 Å². The van der Waals surface area contributed by atoms with Gasteiger partial charge in [-0.2, -0.15) is 4.98 Å². The molecular weight excluding hydrogens is 428 g/mol. The Kier molecular flexibility index (Phi) is 6.65. The molecule has 1 atom stereocenters. The molecule has 0 spiro atoms. The lowest BCUT2D eigenvalue weighted by Crippen LogP contribution is -2.40. The van der Waals surface area contributed by atoms with Gasteiger partial charge in [-0.3, -0.25) is 4.57 Å². The van der Waals surface area contributed by atoms with E-state index in [-0.39, 0.29) is 6.09 Å². The zero-order valence-corrected chi connectivity index (χ0v) is 19.0. The molecule has 4 aromatic rings. The maximum atomic E-state index is 12.5. The summed E-state index contributed by atoms with van der Waals surface area (Å²) in [5.41, 5.74) is 2.94. The lowest BCUT2D eigenvalue weighted by Gasteiger charge is -2.32. The quantitative estimate of drug-likeness (QED) is 0.435. The minimum Gasteiger partial charge on any atom is -0.445 e. The highest BCUT2D eigenvalue weighted by molar-refractivity contribution is 5.76. The highest BCUT2D eigenvalue weighted by Crippen LogP contribution is 2.21. The van der Waals surface area contributed by atoms with Crippen molar-refractivity contribution in [2.75, 3.05) is 25.0 Å². The van der Waals surface area contributed by atoms with Crippen LogP contribution in [0.5, 0.6) is 0 Å². The molecule has 2 aromatic heterocycles. The summed E-state index contributed by atoms with van der Waals surface area (Å²) in [4.78, 5) is 27.8. The number of hydrogen-bond donors (Lipinski definition) is 1. The van der Waals surface area contributed by atoms with E-state index >= 15 is 0 Å². The van der Waals surface area contributed by atoms with Crippen LogP contribution >= 0.6 is 0 Å². The highest BCUT2D eigenvalue weighted by Gasteiger charge is 2.24. The number of hydrogen-bond acceptors (Lipinski definition) is 6. The number of fused-ring (bicyclic) bond motifs is 1. The van der Waals surface area contributed by atoms with Gasteiger partial charge >= 0.3 is 6.09 Å². The molecule has 3 heterocycles. The molecule has 1 saturated heterocycles. The van der Waals surface area contributed by atoms with Crippen molar-refractivity contribution in [2.24, 2.45) is 5.92 Å². The second kappa shape index (κ2) is 10.3. The van der Waals surface area contributed by atoms with Gasteiger partial charge in [-0.1, -0.05) is 42.5 Å². The standard InChI is InChI=1S/C26H28N6O2/c33-26(34-18-21-7-2-1-3-8-21)31-16-6-9-20(17-31)12-14-27-25-28-15-13-24(30-25)32-19-29-22-10-4-5-11-23(22)32/h1-5,7-8,10-11,13,15,19-20H,6,9,12,14,16-18H2,(H,27,28,30). The number of benzene rings is 2. The van der Waals surface area contributed by atoms with E-state index in [1.807, 2.05) is 70.1 Å². The first-order chi connectivity index (χ1) is 16.8. The van der Waals surface area contributed by atoms with Crippen LogP contribution in [-0.2, 0) is 11.3 Å². The Morgan fingerprint density at radius 3 is 2.82 bits per heavy atom.